The Morgan fingerprint density at radius 2 is 1.69 bits per heavy atom. The number of ether oxygens (including phenoxy) is 1. The zero-order chi connectivity index (χ0) is 25.4. The predicted octanol–water partition coefficient (Wildman–Crippen LogP) is 6.55. The third-order valence-electron chi connectivity index (χ3n) is 6.19. The smallest absolute Gasteiger partial charge is 0.300 e. The summed E-state index contributed by atoms with van der Waals surface area (Å²) >= 11 is 6.08. The molecule has 1 aliphatic heterocycles. The van der Waals surface area contributed by atoms with Gasteiger partial charge in [-0.2, -0.15) is 0 Å². The molecule has 1 saturated heterocycles. The number of benzene rings is 3. The van der Waals surface area contributed by atoms with Gasteiger partial charge in [0.1, 0.15) is 17.3 Å². The molecule has 0 radical (unpaired) electrons. The van der Waals surface area contributed by atoms with Gasteiger partial charge in [-0.25, -0.2) is 4.39 Å². The van der Waals surface area contributed by atoms with E-state index in [0.717, 1.165) is 5.56 Å². The number of aliphatic hydroxyl groups excluding tert-OH is 1. The van der Waals surface area contributed by atoms with Crippen LogP contribution in [0.2, 0.25) is 5.02 Å². The minimum atomic E-state index is -0.929. The summed E-state index contributed by atoms with van der Waals surface area (Å²) in [6, 6.07) is 14.7. The number of anilines is 1. The topological polar surface area (TPSA) is 66.8 Å². The van der Waals surface area contributed by atoms with Crippen LogP contribution in [0.1, 0.15) is 48.1 Å². The fraction of sp³-hybridized carbons (Fsp3) is 0.214. The standard InChI is InChI=1S/C28H25ClFNO4/c1-15(2)21-14-22(16(3)13-23(21)35-4)26(32)24-25(17-5-7-18(29)8-6-17)31(28(34)27(24)33)20-11-9-19(30)10-12-20/h5-15,25,32H,1-4H3/b26-24+. The maximum atomic E-state index is 13.6. The van der Waals surface area contributed by atoms with Crippen LogP contribution in [-0.2, 0) is 9.59 Å². The lowest BCUT2D eigenvalue weighted by Crippen LogP contribution is -2.29. The Balaban J connectivity index is 1.98. The Kier molecular flexibility index (Phi) is 6.68. The highest BCUT2D eigenvalue weighted by atomic mass is 35.5. The summed E-state index contributed by atoms with van der Waals surface area (Å²) in [5, 5.41) is 12.0. The third-order valence-corrected chi connectivity index (χ3v) is 6.44. The van der Waals surface area contributed by atoms with Crippen molar-refractivity contribution in [2.75, 3.05) is 12.0 Å². The molecule has 3 aromatic carbocycles. The number of nitrogens with zero attached hydrogens (tertiary/aromatic N) is 1. The van der Waals surface area contributed by atoms with Gasteiger partial charge in [-0.1, -0.05) is 37.6 Å². The minimum absolute atomic E-state index is 0.0513. The first-order chi connectivity index (χ1) is 16.6. The van der Waals surface area contributed by atoms with Crippen LogP contribution >= 0.6 is 11.6 Å². The molecule has 180 valence electrons. The van der Waals surface area contributed by atoms with E-state index < -0.39 is 23.5 Å². The van der Waals surface area contributed by atoms with Gasteiger partial charge in [0.2, 0.25) is 0 Å². The molecule has 35 heavy (non-hydrogen) atoms. The van der Waals surface area contributed by atoms with Gasteiger partial charge >= 0.3 is 0 Å². The average Bonchev–Trinajstić information content (AvgIpc) is 3.09. The molecule has 1 aliphatic rings. The quantitative estimate of drug-likeness (QED) is 0.249. The van der Waals surface area contributed by atoms with Gasteiger partial charge in [-0.05, 0) is 78.1 Å². The molecular formula is C28H25ClFNO4. The Hall–Kier alpha value is -3.64. The zero-order valence-electron chi connectivity index (χ0n) is 19.8. The van der Waals surface area contributed by atoms with Crippen molar-refractivity contribution in [2.24, 2.45) is 0 Å². The van der Waals surface area contributed by atoms with E-state index in [1.54, 1.807) is 50.4 Å². The van der Waals surface area contributed by atoms with Crippen LogP contribution in [0.25, 0.3) is 5.76 Å². The van der Waals surface area contributed by atoms with Crippen molar-refractivity contribution in [1.82, 2.24) is 0 Å². The lowest BCUT2D eigenvalue weighted by molar-refractivity contribution is -0.132. The number of rotatable bonds is 5. The van der Waals surface area contributed by atoms with Crippen molar-refractivity contribution in [1.29, 1.82) is 0 Å². The molecule has 0 aromatic heterocycles. The summed E-state index contributed by atoms with van der Waals surface area (Å²) in [5.74, 6) is -1.62. The van der Waals surface area contributed by atoms with Crippen molar-refractivity contribution in [3.05, 3.63) is 99.3 Å². The average molecular weight is 494 g/mol. The van der Waals surface area contributed by atoms with E-state index in [0.29, 0.717) is 33.1 Å². The monoisotopic (exact) mass is 493 g/mol. The number of aryl methyl sites for hydroxylation is 1. The number of ketones is 1. The Labute approximate surface area is 208 Å². The van der Waals surface area contributed by atoms with Crippen molar-refractivity contribution in [3.8, 4) is 5.75 Å². The van der Waals surface area contributed by atoms with E-state index in [4.69, 9.17) is 16.3 Å². The molecule has 1 atom stereocenters. The second kappa shape index (κ2) is 9.55. The molecular weight excluding hydrogens is 469 g/mol. The third kappa shape index (κ3) is 4.42. The molecule has 1 unspecified atom stereocenters. The first-order valence-corrected chi connectivity index (χ1v) is 11.5. The van der Waals surface area contributed by atoms with Crippen molar-refractivity contribution in [3.63, 3.8) is 0 Å². The molecule has 1 amide bonds. The molecule has 7 heteroatoms. The summed E-state index contributed by atoms with van der Waals surface area (Å²) in [7, 11) is 1.58. The van der Waals surface area contributed by atoms with E-state index >= 15 is 0 Å². The van der Waals surface area contributed by atoms with Crippen LogP contribution in [0.5, 0.6) is 5.75 Å². The van der Waals surface area contributed by atoms with Crippen LogP contribution in [0, 0.1) is 12.7 Å². The van der Waals surface area contributed by atoms with Gasteiger partial charge in [0.05, 0.1) is 18.7 Å². The number of hydrogen-bond acceptors (Lipinski definition) is 4. The van der Waals surface area contributed by atoms with Crippen LogP contribution < -0.4 is 9.64 Å². The summed E-state index contributed by atoms with van der Waals surface area (Å²) in [6.45, 7) is 5.80. The van der Waals surface area contributed by atoms with Crippen molar-refractivity contribution >= 4 is 34.7 Å². The lowest BCUT2D eigenvalue weighted by atomic mass is 9.91. The number of methoxy groups -OCH3 is 1. The van der Waals surface area contributed by atoms with Gasteiger partial charge in [-0.3, -0.25) is 14.5 Å². The number of halogens is 2. The molecule has 3 aromatic rings. The fourth-order valence-corrected chi connectivity index (χ4v) is 4.51. The molecule has 0 saturated carbocycles. The summed E-state index contributed by atoms with van der Waals surface area (Å²) in [6.07, 6.45) is 0. The highest BCUT2D eigenvalue weighted by Crippen LogP contribution is 2.43. The van der Waals surface area contributed by atoms with E-state index in [1.165, 1.54) is 29.2 Å². The molecule has 0 spiro atoms. The Morgan fingerprint density at radius 1 is 1.06 bits per heavy atom. The van der Waals surface area contributed by atoms with Crippen molar-refractivity contribution < 1.29 is 23.8 Å². The van der Waals surface area contributed by atoms with E-state index in [-0.39, 0.29) is 17.3 Å². The fourth-order valence-electron chi connectivity index (χ4n) is 4.39. The largest absolute Gasteiger partial charge is 0.507 e. The normalized spacial score (nSPS) is 17.3. The maximum Gasteiger partial charge on any atom is 0.300 e. The lowest BCUT2D eigenvalue weighted by Gasteiger charge is -2.26. The number of amides is 1. The van der Waals surface area contributed by atoms with Gasteiger partial charge < -0.3 is 9.84 Å². The minimum Gasteiger partial charge on any atom is -0.507 e. The first-order valence-electron chi connectivity index (χ1n) is 11.1. The second-order valence-corrected chi connectivity index (χ2v) is 9.20. The molecule has 0 aliphatic carbocycles. The summed E-state index contributed by atoms with van der Waals surface area (Å²) in [5.41, 5.74) is 2.84. The van der Waals surface area contributed by atoms with Crippen molar-refractivity contribution in [2.45, 2.75) is 32.7 Å². The Morgan fingerprint density at radius 3 is 2.26 bits per heavy atom. The van der Waals surface area contributed by atoms with Gasteiger partial charge in [-0.15, -0.1) is 0 Å². The van der Waals surface area contributed by atoms with E-state index in [2.05, 4.69) is 0 Å². The van der Waals surface area contributed by atoms with Crippen LogP contribution in [-0.4, -0.2) is 23.9 Å². The highest BCUT2D eigenvalue weighted by Gasteiger charge is 2.47. The second-order valence-electron chi connectivity index (χ2n) is 8.76. The van der Waals surface area contributed by atoms with E-state index in [9.17, 15) is 19.1 Å². The van der Waals surface area contributed by atoms with Crippen LogP contribution in [0.3, 0.4) is 0 Å². The molecule has 1 fully saturated rings. The summed E-state index contributed by atoms with van der Waals surface area (Å²) in [4.78, 5) is 27.9. The molecule has 1 N–H and O–H groups in total. The SMILES string of the molecule is COc1cc(C)c(/C(O)=C2\C(=O)C(=O)N(c3ccc(F)cc3)C2c2ccc(Cl)cc2)cc1C(C)C. The zero-order valence-corrected chi connectivity index (χ0v) is 20.6. The van der Waals surface area contributed by atoms with Crippen LogP contribution in [0.15, 0.2) is 66.2 Å². The molecule has 5 nitrogen and oxygen atoms in total. The Bertz CT molecular complexity index is 1330. The van der Waals surface area contributed by atoms with E-state index in [1.807, 2.05) is 13.8 Å². The van der Waals surface area contributed by atoms with Gasteiger partial charge in [0.25, 0.3) is 11.7 Å². The molecule has 4 rings (SSSR count). The number of carbonyl (C=O) groups excluding carboxylic acids is 2. The maximum absolute atomic E-state index is 13.6. The molecule has 0 bridgehead atoms. The number of Topliss-reactive ketones (excluding diaryl/α,β-unsaturated/α-hetero) is 1. The number of aliphatic hydroxyl groups is 1. The molecule has 1 heterocycles. The number of hydrogen-bond donors (Lipinski definition) is 1. The van der Waals surface area contributed by atoms with Crippen LogP contribution in [0.4, 0.5) is 10.1 Å². The van der Waals surface area contributed by atoms with Gasteiger partial charge in [0.15, 0.2) is 0 Å². The summed E-state index contributed by atoms with van der Waals surface area (Å²) < 4.78 is 19.1. The highest BCUT2D eigenvalue weighted by molar-refractivity contribution is 6.51. The first kappa shape index (κ1) is 24.5. The predicted molar refractivity (Wildman–Crippen MR) is 134 cm³/mol. The number of carbonyl (C=O) groups is 2. The van der Waals surface area contributed by atoms with Gasteiger partial charge in [0, 0.05) is 16.3 Å².